The Hall–Kier alpha value is -2.69. The SMILES string of the molecule is Cc1nc2c(c(C)nn2-c2ccccc2)c(C)c1CCC(=O)N1C[C@H](C)C[C@@H](C)C1. The van der Waals surface area contributed by atoms with E-state index in [1.54, 1.807) is 0 Å². The summed E-state index contributed by atoms with van der Waals surface area (Å²) in [4.78, 5) is 19.9. The van der Waals surface area contributed by atoms with Crippen LogP contribution in [-0.4, -0.2) is 38.7 Å². The highest BCUT2D eigenvalue weighted by Crippen LogP contribution is 2.29. The van der Waals surface area contributed by atoms with Gasteiger partial charge < -0.3 is 4.90 Å². The number of fused-ring (bicyclic) bond motifs is 1. The number of pyridine rings is 1. The molecule has 1 fully saturated rings. The number of para-hydroxylation sites is 1. The average molecular weight is 405 g/mol. The van der Waals surface area contributed by atoms with E-state index in [1.807, 2.05) is 41.9 Å². The second kappa shape index (κ2) is 8.21. The van der Waals surface area contributed by atoms with Crippen molar-refractivity contribution >= 4 is 16.9 Å². The predicted octanol–water partition coefficient (Wildman–Crippen LogP) is 4.78. The third-order valence-electron chi connectivity index (χ3n) is 6.39. The number of piperidine rings is 1. The topological polar surface area (TPSA) is 51.0 Å². The number of benzene rings is 1. The lowest BCUT2D eigenvalue weighted by molar-refractivity contribution is -0.133. The zero-order valence-corrected chi connectivity index (χ0v) is 18.8. The fourth-order valence-electron chi connectivity index (χ4n) is 5.08. The van der Waals surface area contributed by atoms with Crippen LogP contribution in [0.3, 0.4) is 0 Å². The number of aromatic nitrogens is 3. The van der Waals surface area contributed by atoms with Crippen LogP contribution < -0.4 is 0 Å². The molecule has 0 saturated carbocycles. The van der Waals surface area contributed by atoms with Crippen LogP contribution in [0, 0.1) is 32.6 Å². The van der Waals surface area contributed by atoms with E-state index in [9.17, 15) is 4.79 Å². The summed E-state index contributed by atoms with van der Waals surface area (Å²) in [5.41, 5.74) is 6.26. The molecular formula is C25H32N4O. The minimum atomic E-state index is 0.268. The quantitative estimate of drug-likeness (QED) is 0.629. The fraction of sp³-hybridized carbons (Fsp3) is 0.480. The number of rotatable bonds is 4. The number of carbonyl (C=O) groups is 1. The Labute approximate surface area is 179 Å². The van der Waals surface area contributed by atoms with Crippen LogP contribution in [0.15, 0.2) is 30.3 Å². The van der Waals surface area contributed by atoms with Crippen molar-refractivity contribution in [2.24, 2.45) is 11.8 Å². The molecule has 3 heterocycles. The molecule has 158 valence electrons. The van der Waals surface area contributed by atoms with Gasteiger partial charge in [0.25, 0.3) is 0 Å². The summed E-state index contributed by atoms with van der Waals surface area (Å²) in [6.07, 6.45) is 2.49. The van der Waals surface area contributed by atoms with Gasteiger partial charge in [0.15, 0.2) is 5.65 Å². The molecular weight excluding hydrogens is 372 g/mol. The first kappa shape index (κ1) is 20.6. The zero-order valence-electron chi connectivity index (χ0n) is 18.8. The number of hydrogen-bond acceptors (Lipinski definition) is 3. The van der Waals surface area contributed by atoms with Gasteiger partial charge in [0.2, 0.25) is 5.91 Å². The minimum Gasteiger partial charge on any atom is -0.342 e. The van der Waals surface area contributed by atoms with Gasteiger partial charge in [-0.25, -0.2) is 9.67 Å². The van der Waals surface area contributed by atoms with E-state index in [1.165, 1.54) is 17.5 Å². The van der Waals surface area contributed by atoms with Gasteiger partial charge in [0.1, 0.15) is 0 Å². The molecule has 1 amide bonds. The van der Waals surface area contributed by atoms with Crippen LogP contribution in [0.1, 0.15) is 49.2 Å². The van der Waals surface area contributed by atoms with Crippen molar-refractivity contribution in [2.45, 2.75) is 53.9 Å². The third-order valence-corrected chi connectivity index (χ3v) is 6.39. The van der Waals surface area contributed by atoms with Gasteiger partial charge in [0, 0.05) is 30.6 Å². The molecule has 2 aromatic heterocycles. The molecule has 5 heteroatoms. The molecule has 0 aliphatic carbocycles. The summed E-state index contributed by atoms with van der Waals surface area (Å²) in [6.45, 7) is 12.5. The van der Waals surface area contributed by atoms with Gasteiger partial charge in [-0.15, -0.1) is 0 Å². The van der Waals surface area contributed by atoms with Crippen molar-refractivity contribution < 1.29 is 4.79 Å². The molecule has 30 heavy (non-hydrogen) atoms. The molecule has 4 rings (SSSR count). The lowest BCUT2D eigenvalue weighted by Gasteiger charge is -2.35. The van der Waals surface area contributed by atoms with Crippen molar-refractivity contribution in [1.82, 2.24) is 19.7 Å². The standard InChI is InChI=1S/C25H32N4O/c1-16-13-17(2)15-28(14-16)23(30)12-11-22-18(3)24-20(5)27-29(25(24)26-19(22)4)21-9-7-6-8-10-21/h6-10,16-17H,11-15H2,1-5H3/t16-,17-/m1/s1. The van der Waals surface area contributed by atoms with Crippen LogP contribution in [0.5, 0.6) is 0 Å². The molecule has 0 radical (unpaired) electrons. The predicted molar refractivity (Wildman–Crippen MR) is 121 cm³/mol. The summed E-state index contributed by atoms with van der Waals surface area (Å²) >= 11 is 0. The first-order valence-corrected chi connectivity index (χ1v) is 11.0. The van der Waals surface area contributed by atoms with Crippen LogP contribution >= 0.6 is 0 Å². The van der Waals surface area contributed by atoms with Crippen molar-refractivity contribution in [2.75, 3.05) is 13.1 Å². The van der Waals surface area contributed by atoms with Gasteiger partial charge >= 0.3 is 0 Å². The Morgan fingerprint density at radius 3 is 2.37 bits per heavy atom. The van der Waals surface area contributed by atoms with E-state index in [0.29, 0.717) is 18.3 Å². The molecule has 0 spiro atoms. The number of hydrogen-bond donors (Lipinski definition) is 0. The smallest absolute Gasteiger partial charge is 0.222 e. The second-order valence-electron chi connectivity index (χ2n) is 9.08. The van der Waals surface area contributed by atoms with Crippen molar-refractivity contribution in [3.05, 3.63) is 52.8 Å². The van der Waals surface area contributed by atoms with E-state index in [-0.39, 0.29) is 5.91 Å². The second-order valence-corrected chi connectivity index (χ2v) is 9.08. The van der Waals surface area contributed by atoms with Crippen molar-refractivity contribution in [3.8, 4) is 5.69 Å². The molecule has 0 bridgehead atoms. The number of carbonyl (C=O) groups excluding carboxylic acids is 1. The summed E-state index contributed by atoms with van der Waals surface area (Å²) in [5.74, 6) is 1.44. The van der Waals surface area contributed by atoms with E-state index in [4.69, 9.17) is 10.1 Å². The van der Waals surface area contributed by atoms with Gasteiger partial charge in [-0.3, -0.25) is 4.79 Å². The highest BCUT2D eigenvalue weighted by Gasteiger charge is 2.25. The van der Waals surface area contributed by atoms with E-state index in [2.05, 4.69) is 32.6 Å². The van der Waals surface area contributed by atoms with E-state index in [0.717, 1.165) is 47.6 Å². The molecule has 1 aliphatic rings. The molecule has 3 aromatic rings. The molecule has 1 saturated heterocycles. The lowest BCUT2D eigenvalue weighted by atomic mass is 9.91. The van der Waals surface area contributed by atoms with E-state index >= 15 is 0 Å². The Bertz CT molecular complexity index is 1060. The lowest BCUT2D eigenvalue weighted by Crippen LogP contribution is -2.42. The van der Waals surface area contributed by atoms with Gasteiger partial charge in [-0.2, -0.15) is 5.10 Å². The summed E-state index contributed by atoms with van der Waals surface area (Å²) in [5, 5.41) is 5.87. The summed E-state index contributed by atoms with van der Waals surface area (Å²) < 4.78 is 1.93. The molecule has 0 unspecified atom stereocenters. The molecule has 1 aromatic carbocycles. The van der Waals surface area contributed by atoms with Crippen LogP contribution in [0.2, 0.25) is 0 Å². The highest BCUT2D eigenvalue weighted by atomic mass is 16.2. The maximum atomic E-state index is 12.9. The van der Waals surface area contributed by atoms with Crippen molar-refractivity contribution in [3.63, 3.8) is 0 Å². The molecule has 2 atom stereocenters. The highest BCUT2D eigenvalue weighted by molar-refractivity contribution is 5.85. The molecule has 0 N–H and O–H groups in total. The van der Waals surface area contributed by atoms with E-state index < -0.39 is 0 Å². The Morgan fingerprint density at radius 1 is 1.03 bits per heavy atom. The minimum absolute atomic E-state index is 0.268. The first-order valence-electron chi connectivity index (χ1n) is 11.0. The number of nitrogens with zero attached hydrogens (tertiary/aromatic N) is 4. The number of amides is 1. The monoisotopic (exact) mass is 404 g/mol. The summed E-state index contributed by atoms with van der Waals surface area (Å²) in [6, 6.07) is 10.1. The first-order chi connectivity index (χ1) is 14.3. The van der Waals surface area contributed by atoms with Crippen LogP contribution in [0.4, 0.5) is 0 Å². The van der Waals surface area contributed by atoms with Gasteiger partial charge in [0.05, 0.1) is 11.4 Å². The van der Waals surface area contributed by atoms with Crippen LogP contribution in [-0.2, 0) is 11.2 Å². The largest absolute Gasteiger partial charge is 0.342 e. The van der Waals surface area contributed by atoms with Crippen molar-refractivity contribution in [1.29, 1.82) is 0 Å². The average Bonchev–Trinajstić information content (AvgIpc) is 3.03. The Balaban J connectivity index is 1.61. The Kier molecular flexibility index (Phi) is 5.63. The van der Waals surface area contributed by atoms with Gasteiger partial charge in [-0.05, 0) is 68.7 Å². The molecule has 5 nitrogen and oxygen atoms in total. The fourth-order valence-corrected chi connectivity index (χ4v) is 5.08. The summed E-state index contributed by atoms with van der Waals surface area (Å²) in [7, 11) is 0. The third kappa shape index (κ3) is 3.85. The number of aryl methyl sites for hydroxylation is 3. The molecule has 1 aliphatic heterocycles. The maximum absolute atomic E-state index is 12.9. The van der Waals surface area contributed by atoms with Gasteiger partial charge in [-0.1, -0.05) is 32.0 Å². The Morgan fingerprint density at radius 2 is 1.70 bits per heavy atom. The normalized spacial score (nSPS) is 19.4. The number of likely N-dealkylation sites (tertiary alicyclic amines) is 1. The zero-order chi connectivity index (χ0) is 21.4. The maximum Gasteiger partial charge on any atom is 0.222 e. The van der Waals surface area contributed by atoms with Crippen LogP contribution in [0.25, 0.3) is 16.7 Å².